The van der Waals surface area contributed by atoms with E-state index in [9.17, 15) is 24.5 Å². The van der Waals surface area contributed by atoms with Gasteiger partial charge in [-0.05, 0) is 24.3 Å². The van der Waals surface area contributed by atoms with Crippen molar-refractivity contribution >= 4 is 40.5 Å². The van der Waals surface area contributed by atoms with Crippen molar-refractivity contribution in [2.45, 2.75) is 0 Å². The topological polar surface area (TPSA) is 306 Å². The molecule has 28 nitrogen and oxygen atoms in total. The summed E-state index contributed by atoms with van der Waals surface area (Å²) in [5.41, 5.74) is -0.751. The fourth-order valence-electron chi connectivity index (χ4n) is 7.37. The van der Waals surface area contributed by atoms with Crippen LogP contribution in [0.2, 0.25) is 0 Å². The Kier molecular flexibility index (Phi) is 36.0. The second-order valence-electron chi connectivity index (χ2n) is 17.5. The number of nitro groups is 1. The van der Waals surface area contributed by atoms with Crippen LogP contribution in [-0.2, 0) is 56.8 Å². The maximum absolute atomic E-state index is 14.8. The Hall–Kier alpha value is -7.19. The molecule has 4 rings (SSSR count). The maximum atomic E-state index is 14.8. The molecule has 0 saturated carbocycles. The quantitative estimate of drug-likeness (QED) is 0.0275. The molecular weight excluding hydrogens is 1140 g/mol. The Bertz CT molecular complexity index is 2610. The van der Waals surface area contributed by atoms with Gasteiger partial charge in [-0.3, -0.25) is 24.5 Å². The van der Waals surface area contributed by atoms with E-state index in [-0.39, 0.29) is 148 Å². The molecule has 0 aliphatic carbocycles. The fourth-order valence-corrected chi connectivity index (χ4v) is 7.37. The van der Waals surface area contributed by atoms with Gasteiger partial charge in [0.1, 0.15) is 60.9 Å². The minimum absolute atomic E-state index is 0.000808. The Morgan fingerprint density at radius 2 is 0.640 bits per heavy atom. The Morgan fingerprint density at radius 3 is 1.03 bits per heavy atom. The van der Waals surface area contributed by atoms with Crippen LogP contribution in [0, 0.1) is 10.1 Å². The monoisotopic (exact) mass is 1220 g/mol. The highest BCUT2D eigenvalue weighted by atomic mass is 16.6. The van der Waals surface area contributed by atoms with E-state index in [0.717, 1.165) is 6.07 Å². The number of amides is 3. The highest BCUT2D eigenvalue weighted by Gasteiger charge is 2.28. The molecular formula is C58H82N4O24. The third kappa shape index (κ3) is 26.2. The van der Waals surface area contributed by atoms with Gasteiger partial charge >= 0.3 is 5.69 Å². The number of ether oxygens (including phenoxy) is 19. The van der Waals surface area contributed by atoms with Crippen molar-refractivity contribution in [1.29, 1.82) is 0 Å². The van der Waals surface area contributed by atoms with Crippen LogP contribution in [0.3, 0.4) is 0 Å². The van der Waals surface area contributed by atoms with Gasteiger partial charge in [-0.25, -0.2) is 0 Å². The van der Waals surface area contributed by atoms with Gasteiger partial charge in [-0.1, -0.05) is 12.1 Å². The molecule has 86 heavy (non-hydrogen) atoms. The molecule has 0 fully saturated rings. The molecule has 0 bridgehead atoms. The van der Waals surface area contributed by atoms with Gasteiger partial charge in [0.25, 0.3) is 17.7 Å². The average molecular weight is 1220 g/mol. The third-order valence-electron chi connectivity index (χ3n) is 11.6. The molecule has 0 atom stereocenters. The second kappa shape index (κ2) is 43.4. The molecule has 478 valence electrons. The summed E-state index contributed by atoms with van der Waals surface area (Å²) in [4.78, 5) is 55.5. The van der Waals surface area contributed by atoms with E-state index < -0.39 is 28.3 Å². The van der Waals surface area contributed by atoms with Crippen LogP contribution in [0.1, 0.15) is 31.1 Å². The van der Waals surface area contributed by atoms with E-state index in [1.807, 2.05) is 0 Å². The third-order valence-corrected chi connectivity index (χ3v) is 11.6. The molecule has 0 saturated heterocycles. The number of anilines is 3. The van der Waals surface area contributed by atoms with Crippen molar-refractivity contribution in [3.05, 3.63) is 87.5 Å². The summed E-state index contributed by atoms with van der Waals surface area (Å²) in [5, 5.41) is 21.0. The minimum atomic E-state index is -0.907. The first-order valence-corrected chi connectivity index (χ1v) is 27.5. The van der Waals surface area contributed by atoms with Gasteiger partial charge in [-0.15, -0.1) is 0 Å². The molecule has 28 heteroatoms. The summed E-state index contributed by atoms with van der Waals surface area (Å²) >= 11 is 0. The minimum Gasteiger partial charge on any atom is -0.496 e. The number of carbonyl (C=O) groups is 3. The Labute approximate surface area is 500 Å². The van der Waals surface area contributed by atoms with Gasteiger partial charge in [0.05, 0.1) is 192 Å². The molecule has 4 aromatic rings. The Morgan fingerprint density at radius 1 is 0.337 bits per heavy atom. The van der Waals surface area contributed by atoms with Gasteiger partial charge in [0.2, 0.25) is 5.75 Å². The molecule has 4 aromatic carbocycles. The normalized spacial score (nSPS) is 11.0. The lowest BCUT2D eigenvalue weighted by atomic mass is 10.1. The van der Waals surface area contributed by atoms with E-state index in [2.05, 4.69) is 16.0 Å². The molecule has 0 unspecified atom stereocenters. The van der Waals surface area contributed by atoms with Gasteiger partial charge in [-0.2, -0.15) is 0 Å². The first-order chi connectivity index (χ1) is 42.0. The first kappa shape index (κ1) is 71.3. The summed E-state index contributed by atoms with van der Waals surface area (Å²) in [6, 6.07) is 14.5. The molecule has 0 radical (unpaired) electrons. The van der Waals surface area contributed by atoms with Crippen LogP contribution in [0.4, 0.5) is 22.7 Å². The van der Waals surface area contributed by atoms with Gasteiger partial charge in [0, 0.05) is 52.7 Å². The number of carbonyl (C=O) groups excluding carboxylic acids is 3. The maximum Gasteiger partial charge on any atom is 0.312 e. The molecule has 3 N–H and O–H groups in total. The molecule has 0 heterocycles. The first-order valence-electron chi connectivity index (χ1n) is 27.5. The van der Waals surface area contributed by atoms with Crippen molar-refractivity contribution in [1.82, 2.24) is 0 Å². The number of nitro benzene ring substituents is 1. The van der Waals surface area contributed by atoms with E-state index in [1.54, 1.807) is 52.7 Å². The molecule has 0 aliphatic heterocycles. The second-order valence-corrected chi connectivity index (χ2v) is 17.5. The lowest BCUT2D eigenvalue weighted by Crippen LogP contribution is -2.20. The van der Waals surface area contributed by atoms with E-state index in [0.29, 0.717) is 84.1 Å². The number of hydrogen-bond donors (Lipinski definition) is 3. The number of rotatable bonds is 50. The van der Waals surface area contributed by atoms with Crippen molar-refractivity contribution in [3.8, 4) is 40.2 Å². The number of para-hydroxylation sites is 2. The van der Waals surface area contributed by atoms with E-state index in [1.165, 1.54) is 51.7 Å². The summed E-state index contributed by atoms with van der Waals surface area (Å²) < 4.78 is 106. The van der Waals surface area contributed by atoms with Crippen molar-refractivity contribution in [3.63, 3.8) is 0 Å². The Balaban J connectivity index is 1.70. The van der Waals surface area contributed by atoms with Crippen molar-refractivity contribution < 1.29 is 109 Å². The zero-order valence-electron chi connectivity index (χ0n) is 50.0. The average Bonchev–Trinajstić information content (AvgIpc) is 2.59. The smallest absolute Gasteiger partial charge is 0.312 e. The molecule has 0 aliphatic rings. The van der Waals surface area contributed by atoms with E-state index in [4.69, 9.17) is 90.0 Å². The van der Waals surface area contributed by atoms with Gasteiger partial charge in [0.15, 0.2) is 0 Å². The SMILES string of the molecule is COCCOCCOCCOc1cc(OCCOCCOCCOC)c(C(=O)Nc2ccccc2OC)cc1NC(=O)c1cc(NC(=O)c2cc([N+](=O)[O-])c(OCCOCCOCCOC)cc2OCCOCCOCCOC)c(OC)cc1OC. The van der Waals surface area contributed by atoms with Crippen molar-refractivity contribution in [2.24, 2.45) is 0 Å². The van der Waals surface area contributed by atoms with Crippen LogP contribution >= 0.6 is 0 Å². The number of hydrogen-bond acceptors (Lipinski definition) is 24. The van der Waals surface area contributed by atoms with E-state index >= 15 is 0 Å². The number of nitrogens with one attached hydrogen (secondary N) is 3. The highest BCUT2D eigenvalue weighted by molar-refractivity contribution is 6.12. The van der Waals surface area contributed by atoms with Crippen LogP contribution in [0.15, 0.2) is 60.7 Å². The van der Waals surface area contributed by atoms with Crippen LogP contribution in [-0.4, -0.2) is 231 Å². The number of benzene rings is 4. The molecule has 3 amide bonds. The van der Waals surface area contributed by atoms with Crippen LogP contribution in [0.25, 0.3) is 0 Å². The predicted molar refractivity (Wildman–Crippen MR) is 312 cm³/mol. The zero-order chi connectivity index (χ0) is 62.0. The summed E-state index contributed by atoms with van der Waals surface area (Å²) in [6.07, 6.45) is 0. The lowest BCUT2D eigenvalue weighted by Gasteiger charge is -2.20. The summed E-state index contributed by atoms with van der Waals surface area (Å²) in [7, 11) is 10.4. The number of nitrogens with zero attached hydrogens (tertiary/aromatic N) is 1. The predicted octanol–water partition coefficient (Wildman–Crippen LogP) is 5.61. The molecule has 0 spiro atoms. The molecule has 0 aromatic heterocycles. The van der Waals surface area contributed by atoms with Gasteiger partial charge < -0.3 is 106 Å². The standard InChI is InChI=1S/C58H82N4O24/c1-68-12-16-75-20-24-79-28-32-83-51-40-54(85-34-30-81-26-22-77-18-14-70-3)47(37-43(51)57(64)59-45-10-8-9-11-49(45)72-5)61-56(63)42-36-46(53(74-7)39-50(42)73-6)60-58(65)44-38-48(62(66)67)55(86-35-31-82-27-23-78-19-15-71-4)41-52(44)84-33-29-80-25-21-76-17-13-69-2/h8-11,36-41H,12-35H2,1-7H3,(H,59,64)(H,60,65)(H,61,63). The van der Waals surface area contributed by atoms with Crippen LogP contribution < -0.4 is 49.1 Å². The lowest BCUT2D eigenvalue weighted by molar-refractivity contribution is -0.385. The zero-order valence-corrected chi connectivity index (χ0v) is 50.0. The van der Waals surface area contributed by atoms with Crippen molar-refractivity contribution in [2.75, 3.05) is 224 Å². The fraction of sp³-hybridized carbons (Fsp3) is 0.534. The largest absolute Gasteiger partial charge is 0.496 e. The summed E-state index contributed by atoms with van der Waals surface area (Å²) in [6.45, 7) is 5.46. The van der Waals surface area contributed by atoms with Crippen LogP contribution in [0.5, 0.6) is 40.2 Å². The number of methoxy groups -OCH3 is 7. The summed E-state index contributed by atoms with van der Waals surface area (Å²) in [5.74, 6) is -2.16. The highest BCUT2D eigenvalue weighted by Crippen LogP contribution is 2.40.